The molecule has 0 saturated carbocycles. The van der Waals surface area contributed by atoms with E-state index in [-0.39, 0.29) is 5.41 Å². The third-order valence-electron chi connectivity index (χ3n) is 13.2. The molecule has 2 aliphatic rings. The molecule has 3 nitrogen and oxygen atoms in total. The monoisotopic (exact) mass is 765 g/mol. The van der Waals surface area contributed by atoms with Gasteiger partial charge in [0.05, 0.1) is 5.41 Å². The Kier molecular flexibility index (Phi) is 7.49. The Morgan fingerprint density at radius 2 is 0.817 bits per heavy atom. The van der Waals surface area contributed by atoms with Gasteiger partial charge in [0.1, 0.15) is 0 Å². The summed E-state index contributed by atoms with van der Waals surface area (Å²) in [6.45, 7) is 4.79. The minimum Gasteiger partial charge on any atom is -0.208 e. The molecular weight excluding hydrogens is 727 g/mol. The van der Waals surface area contributed by atoms with E-state index in [0.717, 1.165) is 27.6 Å². The van der Waals surface area contributed by atoms with Gasteiger partial charge in [-0.15, -0.1) is 0 Å². The molecule has 0 amide bonds. The van der Waals surface area contributed by atoms with Crippen LogP contribution in [0.4, 0.5) is 0 Å². The molecule has 12 rings (SSSR count). The van der Waals surface area contributed by atoms with Gasteiger partial charge >= 0.3 is 0 Å². The number of rotatable bonds is 4. The van der Waals surface area contributed by atoms with Gasteiger partial charge in [-0.1, -0.05) is 202 Å². The van der Waals surface area contributed by atoms with Crippen molar-refractivity contribution >= 4 is 21.5 Å². The average Bonchev–Trinajstić information content (AvgIpc) is 3.61. The van der Waals surface area contributed by atoms with Crippen LogP contribution in [0.3, 0.4) is 0 Å². The lowest BCUT2D eigenvalue weighted by atomic mass is 9.54. The van der Waals surface area contributed by atoms with Crippen LogP contribution >= 0.6 is 0 Å². The summed E-state index contributed by atoms with van der Waals surface area (Å²) in [6, 6.07) is 72.6. The Balaban J connectivity index is 1.06. The standard InChI is InChI=1S/C57H39N3/c1-56(2)49-27-12-13-28-50(49)57(47-25-10-8-22-45(47)46-23-9-11-26-48(46)57)51-29-15-24-44(52(51)56)38-19-14-20-40(34-38)54-58-53(37-17-4-3-5-18-37)59-55(60-54)41-32-33-43-39(35-41)31-30-36-16-6-7-21-42(36)43/h3-35H,1-2H3. The molecule has 0 N–H and O–H groups in total. The summed E-state index contributed by atoms with van der Waals surface area (Å²) in [5.41, 5.74) is 15.1. The third kappa shape index (κ3) is 4.93. The lowest BCUT2D eigenvalue weighted by Crippen LogP contribution is -2.41. The Bertz CT molecular complexity index is 3320. The maximum atomic E-state index is 5.23. The maximum Gasteiger partial charge on any atom is 0.164 e. The van der Waals surface area contributed by atoms with Crippen molar-refractivity contribution in [3.63, 3.8) is 0 Å². The van der Waals surface area contributed by atoms with E-state index in [1.807, 2.05) is 18.2 Å². The highest BCUT2D eigenvalue weighted by Gasteiger charge is 2.53. The van der Waals surface area contributed by atoms with Crippen LogP contribution in [0, 0.1) is 0 Å². The third-order valence-corrected chi connectivity index (χ3v) is 13.2. The number of hydrogen-bond donors (Lipinski definition) is 0. The maximum absolute atomic E-state index is 5.23. The van der Waals surface area contributed by atoms with E-state index >= 15 is 0 Å². The number of nitrogens with zero attached hydrogens (tertiary/aromatic N) is 3. The van der Waals surface area contributed by atoms with Crippen LogP contribution < -0.4 is 0 Å². The SMILES string of the molecule is CC1(C)c2ccccc2C2(c3ccccc3-c3ccccc32)c2cccc(-c3cccc(-c4nc(-c5ccccc5)nc(-c5ccc6c(ccc7ccccc76)c5)n4)c3)c21. The first-order chi connectivity index (χ1) is 29.5. The summed E-state index contributed by atoms with van der Waals surface area (Å²) in [7, 11) is 0. The molecule has 2 aliphatic carbocycles. The summed E-state index contributed by atoms with van der Waals surface area (Å²) in [5.74, 6) is 1.94. The molecule has 0 radical (unpaired) electrons. The predicted octanol–water partition coefficient (Wildman–Crippen LogP) is 13.8. The molecule has 0 fully saturated rings. The van der Waals surface area contributed by atoms with Gasteiger partial charge in [-0.05, 0) is 89.3 Å². The number of benzene rings is 9. The largest absolute Gasteiger partial charge is 0.208 e. The molecule has 3 heteroatoms. The van der Waals surface area contributed by atoms with Gasteiger partial charge in [-0.25, -0.2) is 15.0 Å². The van der Waals surface area contributed by atoms with Crippen molar-refractivity contribution < 1.29 is 0 Å². The fraction of sp³-hybridized carbons (Fsp3) is 0.0702. The zero-order valence-electron chi connectivity index (χ0n) is 33.4. The molecule has 1 heterocycles. The van der Waals surface area contributed by atoms with Crippen molar-refractivity contribution in [2.24, 2.45) is 0 Å². The molecule has 0 aliphatic heterocycles. The first-order valence-corrected chi connectivity index (χ1v) is 20.8. The van der Waals surface area contributed by atoms with Gasteiger partial charge in [-0.2, -0.15) is 0 Å². The van der Waals surface area contributed by atoms with Gasteiger partial charge in [0.15, 0.2) is 17.5 Å². The highest BCUT2D eigenvalue weighted by Crippen LogP contribution is 2.63. The molecule has 282 valence electrons. The Morgan fingerprint density at radius 3 is 1.57 bits per heavy atom. The molecule has 0 bridgehead atoms. The minimum atomic E-state index is -0.456. The van der Waals surface area contributed by atoms with Crippen LogP contribution in [-0.2, 0) is 10.8 Å². The van der Waals surface area contributed by atoms with Crippen LogP contribution in [0.15, 0.2) is 200 Å². The first-order valence-electron chi connectivity index (χ1n) is 20.8. The van der Waals surface area contributed by atoms with Crippen molar-refractivity contribution in [3.8, 4) is 56.4 Å². The molecule has 0 atom stereocenters. The lowest BCUT2D eigenvalue weighted by molar-refractivity contribution is 0.565. The van der Waals surface area contributed by atoms with Crippen LogP contribution in [-0.4, -0.2) is 15.0 Å². The van der Waals surface area contributed by atoms with Crippen molar-refractivity contribution in [1.82, 2.24) is 15.0 Å². The first kappa shape index (κ1) is 34.5. The Morgan fingerprint density at radius 1 is 0.317 bits per heavy atom. The zero-order valence-corrected chi connectivity index (χ0v) is 33.4. The van der Waals surface area contributed by atoms with E-state index in [2.05, 4.69) is 196 Å². The normalized spacial score (nSPS) is 14.1. The van der Waals surface area contributed by atoms with Crippen LogP contribution in [0.1, 0.15) is 47.2 Å². The number of aromatic nitrogens is 3. The van der Waals surface area contributed by atoms with E-state index in [0.29, 0.717) is 17.5 Å². The summed E-state index contributed by atoms with van der Waals surface area (Å²) in [4.78, 5) is 15.5. The van der Waals surface area contributed by atoms with Gasteiger partial charge in [0, 0.05) is 22.1 Å². The van der Waals surface area contributed by atoms with Gasteiger partial charge in [0.2, 0.25) is 0 Å². The highest BCUT2D eigenvalue weighted by atomic mass is 15.0. The summed E-state index contributed by atoms with van der Waals surface area (Å²) >= 11 is 0. The van der Waals surface area contributed by atoms with E-state index < -0.39 is 5.41 Å². The van der Waals surface area contributed by atoms with Crippen molar-refractivity contribution in [2.45, 2.75) is 24.7 Å². The second-order valence-corrected chi connectivity index (χ2v) is 16.7. The Hall–Kier alpha value is -7.49. The highest BCUT2D eigenvalue weighted by molar-refractivity contribution is 6.08. The molecular formula is C57H39N3. The second kappa shape index (κ2) is 13.0. The van der Waals surface area contributed by atoms with Crippen molar-refractivity contribution in [3.05, 3.63) is 234 Å². The molecule has 60 heavy (non-hydrogen) atoms. The van der Waals surface area contributed by atoms with Gasteiger partial charge in [0.25, 0.3) is 0 Å². The summed E-state index contributed by atoms with van der Waals surface area (Å²) < 4.78 is 0. The topological polar surface area (TPSA) is 38.7 Å². The van der Waals surface area contributed by atoms with E-state index in [1.54, 1.807) is 0 Å². The lowest BCUT2D eigenvalue weighted by Gasteiger charge is -2.47. The summed E-state index contributed by atoms with van der Waals surface area (Å²) in [5, 5.41) is 4.83. The van der Waals surface area contributed by atoms with Crippen LogP contribution in [0.5, 0.6) is 0 Å². The number of hydrogen-bond acceptors (Lipinski definition) is 3. The smallest absolute Gasteiger partial charge is 0.164 e. The van der Waals surface area contributed by atoms with Crippen molar-refractivity contribution in [2.75, 3.05) is 0 Å². The van der Waals surface area contributed by atoms with E-state index in [1.165, 1.54) is 66.2 Å². The average molecular weight is 766 g/mol. The Labute approximate surface area is 349 Å². The minimum absolute atomic E-state index is 0.293. The number of fused-ring (bicyclic) bond motifs is 12. The molecule has 1 aromatic heterocycles. The van der Waals surface area contributed by atoms with Crippen LogP contribution in [0.2, 0.25) is 0 Å². The quantitative estimate of drug-likeness (QED) is 0.168. The van der Waals surface area contributed by atoms with Gasteiger partial charge in [-0.3, -0.25) is 0 Å². The van der Waals surface area contributed by atoms with Crippen LogP contribution in [0.25, 0.3) is 78.0 Å². The van der Waals surface area contributed by atoms with E-state index in [9.17, 15) is 0 Å². The predicted molar refractivity (Wildman–Crippen MR) is 246 cm³/mol. The zero-order chi connectivity index (χ0) is 40.0. The summed E-state index contributed by atoms with van der Waals surface area (Å²) in [6.07, 6.45) is 0. The van der Waals surface area contributed by atoms with Crippen molar-refractivity contribution in [1.29, 1.82) is 0 Å². The molecule has 1 spiro atoms. The molecule has 0 saturated heterocycles. The van der Waals surface area contributed by atoms with Gasteiger partial charge < -0.3 is 0 Å². The molecule has 9 aromatic carbocycles. The van der Waals surface area contributed by atoms with E-state index in [4.69, 9.17) is 15.0 Å². The molecule has 10 aromatic rings. The fourth-order valence-electron chi connectivity index (χ4n) is 10.6. The molecule has 0 unspecified atom stereocenters. The fourth-order valence-corrected chi connectivity index (χ4v) is 10.6. The second-order valence-electron chi connectivity index (χ2n) is 16.7.